The van der Waals surface area contributed by atoms with Crippen molar-refractivity contribution in [2.24, 2.45) is 5.84 Å². The first kappa shape index (κ1) is 16.0. The van der Waals surface area contributed by atoms with E-state index in [9.17, 15) is 4.79 Å². The van der Waals surface area contributed by atoms with Crippen molar-refractivity contribution in [3.05, 3.63) is 50.2 Å². The van der Waals surface area contributed by atoms with Crippen molar-refractivity contribution in [1.82, 2.24) is 4.98 Å². The van der Waals surface area contributed by atoms with Crippen LogP contribution < -0.4 is 16.6 Å². The van der Waals surface area contributed by atoms with Crippen LogP contribution in [0, 0.1) is 6.92 Å². The van der Waals surface area contributed by atoms with Gasteiger partial charge in [0, 0.05) is 16.4 Å². The maximum atomic E-state index is 12.3. The number of pyridine rings is 1. The largest absolute Gasteiger partial charge is 0.323 e. The molecule has 0 fully saturated rings. The summed E-state index contributed by atoms with van der Waals surface area (Å²) in [5, 5.41) is 3.26. The van der Waals surface area contributed by atoms with Crippen molar-refractivity contribution >= 4 is 56.4 Å². The molecule has 0 aliphatic carbocycles. The van der Waals surface area contributed by atoms with Crippen LogP contribution in [0.25, 0.3) is 0 Å². The summed E-state index contributed by atoms with van der Waals surface area (Å²) in [4.78, 5) is 16.4. The number of rotatable bonds is 3. The molecule has 5 nitrogen and oxygen atoms in total. The number of hydrogen-bond acceptors (Lipinski definition) is 4. The minimum absolute atomic E-state index is 0.252. The fourth-order valence-corrected chi connectivity index (χ4v) is 2.49. The van der Waals surface area contributed by atoms with Gasteiger partial charge in [-0.1, -0.05) is 23.2 Å². The van der Waals surface area contributed by atoms with E-state index >= 15 is 0 Å². The summed E-state index contributed by atoms with van der Waals surface area (Å²) < 4.78 is 0.647. The van der Waals surface area contributed by atoms with E-state index in [1.54, 1.807) is 25.1 Å². The first-order valence-electron chi connectivity index (χ1n) is 5.82. The predicted octanol–water partition coefficient (Wildman–Crippen LogP) is 4.00. The Bertz CT molecular complexity index is 709. The van der Waals surface area contributed by atoms with Crippen LogP contribution in [0.1, 0.15) is 16.1 Å². The van der Waals surface area contributed by atoms with Crippen LogP contribution in [0.3, 0.4) is 0 Å². The Hall–Kier alpha value is -1.34. The number of anilines is 2. The van der Waals surface area contributed by atoms with Crippen LogP contribution >= 0.6 is 39.1 Å². The number of carbonyl (C=O) groups excluding carboxylic acids is 1. The van der Waals surface area contributed by atoms with Crippen molar-refractivity contribution in [1.29, 1.82) is 0 Å². The average Bonchev–Trinajstić information content (AvgIpc) is 2.47. The SMILES string of the molecule is Cc1cc(NN)c(C(=O)Nc2ccc(Br)c(Cl)c2Cl)cn1. The Balaban J connectivity index is 2.33. The number of aromatic nitrogens is 1. The van der Waals surface area contributed by atoms with Gasteiger partial charge < -0.3 is 10.7 Å². The molecule has 1 amide bonds. The number of carbonyl (C=O) groups is 1. The molecule has 1 aromatic heterocycles. The standard InChI is InChI=1S/C13H11BrCl2N4O/c1-6-4-10(20-17)7(5-18-6)13(21)19-9-3-2-8(14)11(15)12(9)16/h2-5H,17H2,1H3,(H,18,20)(H,19,21). The first-order valence-corrected chi connectivity index (χ1v) is 7.37. The van der Waals surface area contributed by atoms with E-state index in [1.165, 1.54) is 6.20 Å². The van der Waals surface area contributed by atoms with Crippen molar-refractivity contribution in [2.45, 2.75) is 6.92 Å². The molecule has 1 heterocycles. The number of amides is 1. The lowest BCUT2D eigenvalue weighted by molar-refractivity contribution is 0.102. The Morgan fingerprint density at radius 3 is 2.67 bits per heavy atom. The van der Waals surface area contributed by atoms with Crippen molar-refractivity contribution in [3.8, 4) is 0 Å². The second kappa shape index (κ2) is 6.62. The number of nitrogen functional groups attached to an aromatic ring is 1. The molecule has 0 unspecified atom stereocenters. The lowest BCUT2D eigenvalue weighted by Gasteiger charge is -2.12. The average molecular weight is 390 g/mol. The van der Waals surface area contributed by atoms with Gasteiger partial charge in [0.1, 0.15) is 0 Å². The van der Waals surface area contributed by atoms with E-state index in [0.717, 1.165) is 5.69 Å². The molecule has 2 aromatic rings. The quantitative estimate of drug-likeness (QED) is 0.421. The minimum atomic E-state index is -0.393. The lowest BCUT2D eigenvalue weighted by atomic mass is 10.2. The Morgan fingerprint density at radius 1 is 1.29 bits per heavy atom. The Morgan fingerprint density at radius 2 is 2.00 bits per heavy atom. The van der Waals surface area contributed by atoms with Gasteiger partial charge >= 0.3 is 0 Å². The second-order valence-electron chi connectivity index (χ2n) is 4.19. The molecule has 2 rings (SSSR count). The number of halogens is 3. The summed E-state index contributed by atoms with van der Waals surface area (Å²) >= 11 is 15.4. The number of aryl methyl sites for hydroxylation is 1. The number of hydrogen-bond donors (Lipinski definition) is 3. The van der Waals surface area contributed by atoms with Gasteiger partial charge in [0.15, 0.2) is 0 Å². The van der Waals surface area contributed by atoms with E-state index in [0.29, 0.717) is 26.4 Å². The number of hydrazine groups is 1. The number of nitrogens with two attached hydrogens (primary N) is 1. The molecule has 110 valence electrons. The third kappa shape index (κ3) is 3.47. The molecule has 1 aromatic carbocycles. The van der Waals surface area contributed by atoms with Crippen LogP contribution in [0.5, 0.6) is 0 Å². The maximum absolute atomic E-state index is 12.3. The normalized spacial score (nSPS) is 10.3. The van der Waals surface area contributed by atoms with E-state index in [-0.39, 0.29) is 5.02 Å². The summed E-state index contributed by atoms with van der Waals surface area (Å²) in [6, 6.07) is 5.01. The van der Waals surface area contributed by atoms with E-state index in [4.69, 9.17) is 29.0 Å². The molecule has 0 radical (unpaired) electrons. The number of nitrogens with one attached hydrogen (secondary N) is 2. The van der Waals surface area contributed by atoms with E-state index < -0.39 is 5.91 Å². The van der Waals surface area contributed by atoms with E-state index in [2.05, 4.69) is 31.7 Å². The minimum Gasteiger partial charge on any atom is -0.323 e. The number of benzene rings is 1. The van der Waals surface area contributed by atoms with Gasteiger partial charge in [0.05, 0.1) is 27.0 Å². The smallest absolute Gasteiger partial charge is 0.259 e. The summed E-state index contributed by atoms with van der Waals surface area (Å²) in [6.07, 6.45) is 1.44. The fourth-order valence-electron chi connectivity index (χ4n) is 1.67. The van der Waals surface area contributed by atoms with Gasteiger partial charge in [-0.3, -0.25) is 15.6 Å². The third-order valence-corrected chi connectivity index (χ3v) is 4.50. The van der Waals surface area contributed by atoms with Crippen LogP contribution in [-0.2, 0) is 0 Å². The van der Waals surface area contributed by atoms with E-state index in [1.807, 2.05) is 0 Å². The van der Waals surface area contributed by atoms with Crippen LogP contribution in [0.2, 0.25) is 10.0 Å². The van der Waals surface area contributed by atoms with Crippen LogP contribution in [-0.4, -0.2) is 10.9 Å². The molecule has 8 heteroatoms. The monoisotopic (exact) mass is 388 g/mol. The highest BCUT2D eigenvalue weighted by molar-refractivity contribution is 9.10. The molecule has 0 saturated heterocycles. The van der Waals surface area contributed by atoms with Crippen molar-refractivity contribution in [3.63, 3.8) is 0 Å². The van der Waals surface area contributed by atoms with Gasteiger partial charge in [0.2, 0.25) is 0 Å². The summed E-state index contributed by atoms with van der Waals surface area (Å²) in [5.74, 6) is 5.02. The molecule has 0 saturated carbocycles. The lowest BCUT2D eigenvalue weighted by Crippen LogP contribution is -2.18. The predicted molar refractivity (Wildman–Crippen MR) is 88.9 cm³/mol. The van der Waals surface area contributed by atoms with Gasteiger partial charge in [-0.15, -0.1) is 0 Å². The molecule has 0 atom stereocenters. The highest BCUT2D eigenvalue weighted by Gasteiger charge is 2.15. The van der Waals surface area contributed by atoms with Gasteiger partial charge in [-0.05, 0) is 41.1 Å². The molecule has 0 bridgehead atoms. The van der Waals surface area contributed by atoms with Crippen molar-refractivity contribution in [2.75, 3.05) is 10.7 Å². The zero-order valence-electron chi connectivity index (χ0n) is 10.9. The molecular weight excluding hydrogens is 379 g/mol. The highest BCUT2D eigenvalue weighted by atomic mass is 79.9. The summed E-state index contributed by atoms with van der Waals surface area (Å²) in [6.45, 7) is 1.80. The second-order valence-corrected chi connectivity index (χ2v) is 5.80. The number of nitrogens with zero attached hydrogens (tertiary/aromatic N) is 1. The first-order chi connectivity index (χ1) is 9.93. The summed E-state index contributed by atoms with van der Waals surface area (Å²) in [5.41, 5.74) is 4.39. The highest BCUT2D eigenvalue weighted by Crippen LogP contribution is 2.36. The Kier molecular flexibility index (Phi) is 5.05. The van der Waals surface area contributed by atoms with Crippen LogP contribution in [0.4, 0.5) is 11.4 Å². The van der Waals surface area contributed by atoms with Gasteiger partial charge in [-0.25, -0.2) is 0 Å². The molecular formula is C13H11BrCl2N4O. The Labute approximate surface area is 139 Å². The molecule has 0 spiro atoms. The van der Waals surface area contributed by atoms with Gasteiger partial charge in [-0.2, -0.15) is 0 Å². The van der Waals surface area contributed by atoms with Crippen molar-refractivity contribution < 1.29 is 4.79 Å². The summed E-state index contributed by atoms with van der Waals surface area (Å²) in [7, 11) is 0. The topological polar surface area (TPSA) is 80.0 Å². The zero-order valence-corrected chi connectivity index (χ0v) is 14.0. The molecule has 0 aliphatic rings. The van der Waals surface area contributed by atoms with Gasteiger partial charge in [0.25, 0.3) is 5.91 Å². The third-order valence-electron chi connectivity index (χ3n) is 2.72. The van der Waals surface area contributed by atoms with Crippen LogP contribution in [0.15, 0.2) is 28.9 Å². The maximum Gasteiger partial charge on any atom is 0.259 e. The zero-order chi connectivity index (χ0) is 15.6. The fraction of sp³-hybridized carbons (Fsp3) is 0.0769. The molecule has 0 aliphatic heterocycles. The molecule has 21 heavy (non-hydrogen) atoms. The molecule has 4 N–H and O–H groups in total.